The normalized spacial score (nSPS) is 20.2. The number of hydrogen-bond acceptors (Lipinski definition) is 9. The maximum absolute atomic E-state index is 12.6. The van der Waals surface area contributed by atoms with Crippen LogP contribution in [0.4, 0.5) is 16.4 Å². The molecular weight excluding hydrogens is 518 g/mol. The summed E-state index contributed by atoms with van der Waals surface area (Å²) in [6.45, 7) is 12.2. The third-order valence-corrected chi connectivity index (χ3v) is 9.19. The minimum Gasteiger partial charge on any atom is -0.444 e. The van der Waals surface area contributed by atoms with Crippen LogP contribution >= 0.6 is 0 Å². The molecule has 11 heteroatoms. The average Bonchev–Trinajstić information content (AvgIpc) is 2.87. The van der Waals surface area contributed by atoms with Crippen molar-refractivity contribution in [2.75, 3.05) is 49.1 Å². The first-order valence-corrected chi connectivity index (χ1v) is 15.1. The first-order chi connectivity index (χ1) is 18.4. The lowest BCUT2D eigenvalue weighted by Crippen LogP contribution is -2.62. The molecule has 2 aromatic rings. The predicted molar refractivity (Wildman–Crippen MR) is 148 cm³/mol. The van der Waals surface area contributed by atoms with Gasteiger partial charge < -0.3 is 19.4 Å². The standard InChI is InChI=1S/C28H39N5O5S/c1-21-5-7-24(8-6-21)39(35,36)38-23-9-13-31(14-10-23)22-17-29-25(30-18-22)32-15-11-28(12-16-32)19-33(20-28)26(34)37-27(2,3)4/h5-8,17-18,23H,9-16,19-20H2,1-4H3. The van der Waals surface area contributed by atoms with Gasteiger partial charge in [-0.2, -0.15) is 8.42 Å². The molecule has 4 heterocycles. The summed E-state index contributed by atoms with van der Waals surface area (Å²) in [5.41, 5.74) is 1.63. The van der Waals surface area contributed by atoms with Crippen LogP contribution in [-0.4, -0.2) is 80.4 Å². The summed E-state index contributed by atoms with van der Waals surface area (Å²) in [4.78, 5) is 28.0. The van der Waals surface area contributed by atoms with Crippen molar-refractivity contribution in [1.82, 2.24) is 14.9 Å². The largest absolute Gasteiger partial charge is 0.444 e. The van der Waals surface area contributed by atoms with Gasteiger partial charge in [-0.05, 0) is 65.5 Å². The number of ether oxygens (including phenoxy) is 1. The summed E-state index contributed by atoms with van der Waals surface area (Å²) in [6, 6.07) is 6.73. The van der Waals surface area contributed by atoms with Crippen molar-refractivity contribution in [3.8, 4) is 0 Å². The number of nitrogens with zero attached hydrogens (tertiary/aromatic N) is 5. The SMILES string of the molecule is Cc1ccc(S(=O)(=O)OC2CCN(c3cnc(N4CCC5(CC4)CN(C(=O)OC(C)(C)C)C5)nc3)CC2)cc1. The average molecular weight is 558 g/mol. The van der Waals surface area contributed by atoms with Gasteiger partial charge in [0.2, 0.25) is 5.95 Å². The van der Waals surface area contributed by atoms with Gasteiger partial charge in [0, 0.05) is 44.7 Å². The minimum atomic E-state index is -3.77. The van der Waals surface area contributed by atoms with Crippen LogP contribution in [-0.2, 0) is 19.0 Å². The van der Waals surface area contributed by atoms with Crippen molar-refractivity contribution in [1.29, 1.82) is 0 Å². The number of hydrogen-bond donors (Lipinski definition) is 0. The zero-order chi connectivity index (χ0) is 27.8. The number of carbonyl (C=O) groups is 1. The first kappa shape index (κ1) is 27.6. The highest BCUT2D eigenvalue weighted by Gasteiger charge is 2.48. The molecule has 0 unspecified atom stereocenters. The van der Waals surface area contributed by atoms with E-state index in [4.69, 9.17) is 8.92 Å². The molecule has 0 aliphatic carbocycles. The molecule has 0 atom stereocenters. The van der Waals surface area contributed by atoms with Gasteiger partial charge in [-0.1, -0.05) is 17.7 Å². The molecule has 39 heavy (non-hydrogen) atoms. The first-order valence-electron chi connectivity index (χ1n) is 13.7. The van der Waals surface area contributed by atoms with Crippen molar-refractivity contribution >= 4 is 27.8 Å². The van der Waals surface area contributed by atoms with Crippen molar-refractivity contribution in [3.63, 3.8) is 0 Å². The van der Waals surface area contributed by atoms with E-state index in [1.807, 2.05) is 40.1 Å². The Hall–Kier alpha value is -2.92. The fourth-order valence-corrected chi connectivity index (χ4v) is 6.64. The topological polar surface area (TPSA) is 105 Å². The van der Waals surface area contributed by atoms with Crippen LogP contribution in [0.3, 0.4) is 0 Å². The summed E-state index contributed by atoms with van der Waals surface area (Å²) < 4.78 is 36.3. The van der Waals surface area contributed by atoms with Gasteiger partial charge >= 0.3 is 6.09 Å². The number of benzene rings is 1. The van der Waals surface area contributed by atoms with E-state index in [-0.39, 0.29) is 22.5 Å². The Morgan fingerprint density at radius 1 is 0.949 bits per heavy atom. The maximum atomic E-state index is 12.6. The molecule has 0 saturated carbocycles. The second kappa shape index (κ2) is 10.6. The lowest BCUT2D eigenvalue weighted by atomic mass is 9.72. The molecule has 1 aromatic heterocycles. The molecule has 10 nitrogen and oxygen atoms in total. The molecule has 3 aliphatic rings. The lowest BCUT2D eigenvalue weighted by molar-refractivity contribution is -0.0435. The van der Waals surface area contributed by atoms with Crippen molar-refractivity contribution in [2.24, 2.45) is 5.41 Å². The van der Waals surface area contributed by atoms with Crippen molar-refractivity contribution < 1.29 is 22.1 Å². The Labute approximate surface area is 231 Å². The number of anilines is 2. The number of aryl methyl sites for hydroxylation is 1. The van der Waals surface area contributed by atoms with E-state index < -0.39 is 15.7 Å². The van der Waals surface area contributed by atoms with Gasteiger partial charge in [0.15, 0.2) is 0 Å². The molecule has 212 valence electrons. The zero-order valence-electron chi connectivity index (χ0n) is 23.3. The predicted octanol–water partition coefficient (Wildman–Crippen LogP) is 4.00. The minimum absolute atomic E-state index is 0.173. The van der Waals surface area contributed by atoms with Gasteiger partial charge in [-0.3, -0.25) is 4.18 Å². The van der Waals surface area contributed by atoms with Crippen molar-refractivity contribution in [2.45, 2.75) is 70.0 Å². The van der Waals surface area contributed by atoms with E-state index in [1.165, 1.54) is 0 Å². The second-order valence-electron chi connectivity index (χ2n) is 12.1. The Bertz CT molecular complexity index is 1250. The highest BCUT2D eigenvalue weighted by atomic mass is 32.2. The molecule has 0 bridgehead atoms. The summed E-state index contributed by atoms with van der Waals surface area (Å²) in [5, 5.41) is 0. The lowest BCUT2D eigenvalue weighted by Gasteiger charge is -2.53. The fourth-order valence-electron chi connectivity index (χ4n) is 5.51. The van der Waals surface area contributed by atoms with Crippen LogP contribution in [0, 0.1) is 12.3 Å². The third kappa shape index (κ3) is 6.46. The van der Waals surface area contributed by atoms with Crippen molar-refractivity contribution in [3.05, 3.63) is 42.2 Å². The summed E-state index contributed by atoms with van der Waals surface area (Å²) in [5.74, 6) is 0.722. The van der Waals surface area contributed by atoms with Crippen LogP contribution in [0.2, 0.25) is 0 Å². The maximum Gasteiger partial charge on any atom is 0.410 e. The van der Waals surface area contributed by atoms with E-state index in [2.05, 4.69) is 19.8 Å². The fraction of sp³-hybridized carbons (Fsp3) is 0.607. The molecule has 0 radical (unpaired) electrons. The van der Waals surface area contributed by atoms with E-state index in [0.717, 1.165) is 56.2 Å². The van der Waals surface area contributed by atoms with Crippen LogP contribution in [0.1, 0.15) is 52.0 Å². The third-order valence-electron chi connectivity index (χ3n) is 7.82. The zero-order valence-corrected chi connectivity index (χ0v) is 24.1. The Kier molecular flexibility index (Phi) is 7.49. The number of amides is 1. The van der Waals surface area contributed by atoms with Gasteiger partial charge in [0.25, 0.3) is 10.1 Å². The molecule has 1 amide bonds. The van der Waals surface area contributed by atoms with E-state index >= 15 is 0 Å². The Balaban J connectivity index is 1.08. The summed E-state index contributed by atoms with van der Waals surface area (Å²) in [6.07, 6.45) is 6.36. The van der Waals surface area contributed by atoms with E-state index in [9.17, 15) is 13.2 Å². The second-order valence-corrected chi connectivity index (χ2v) is 13.7. The molecule has 1 spiro atoms. The molecule has 3 fully saturated rings. The van der Waals surface area contributed by atoms with E-state index in [0.29, 0.717) is 25.9 Å². The highest BCUT2D eigenvalue weighted by Crippen LogP contribution is 2.41. The molecule has 5 rings (SSSR count). The van der Waals surface area contributed by atoms with Gasteiger partial charge in [0.1, 0.15) is 5.60 Å². The van der Waals surface area contributed by atoms with Crippen LogP contribution < -0.4 is 9.80 Å². The number of aromatic nitrogens is 2. The Morgan fingerprint density at radius 3 is 2.10 bits per heavy atom. The smallest absolute Gasteiger partial charge is 0.410 e. The van der Waals surface area contributed by atoms with Crippen LogP contribution in [0.5, 0.6) is 0 Å². The monoisotopic (exact) mass is 557 g/mol. The molecule has 1 aromatic carbocycles. The molecule has 3 saturated heterocycles. The molecule has 0 N–H and O–H groups in total. The molecular formula is C28H39N5O5S. The quantitative estimate of drug-likeness (QED) is 0.505. The Morgan fingerprint density at radius 2 is 1.54 bits per heavy atom. The highest BCUT2D eigenvalue weighted by molar-refractivity contribution is 7.86. The summed E-state index contributed by atoms with van der Waals surface area (Å²) >= 11 is 0. The van der Waals surface area contributed by atoms with Gasteiger partial charge in [-0.25, -0.2) is 14.8 Å². The van der Waals surface area contributed by atoms with Gasteiger partial charge in [0.05, 0.1) is 29.1 Å². The molecule has 3 aliphatic heterocycles. The van der Waals surface area contributed by atoms with Crippen LogP contribution in [0.15, 0.2) is 41.6 Å². The van der Waals surface area contributed by atoms with Crippen LogP contribution in [0.25, 0.3) is 0 Å². The number of carbonyl (C=O) groups excluding carboxylic acids is 1. The van der Waals surface area contributed by atoms with E-state index in [1.54, 1.807) is 29.2 Å². The number of rotatable bonds is 5. The summed E-state index contributed by atoms with van der Waals surface area (Å²) in [7, 11) is -3.77. The number of piperidine rings is 2. The number of likely N-dealkylation sites (tertiary alicyclic amines) is 1. The van der Waals surface area contributed by atoms with Gasteiger partial charge in [-0.15, -0.1) is 0 Å².